The summed E-state index contributed by atoms with van der Waals surface area (Å²) in [6.45, 7) is 3.77. The van der Waals surface area contributed by atoms with Crippen molar-refractivity contribution in [2.75, 3.05) is 6.54 Å². The Morgan fingerprint density at radius 3 is 2.96 bits per heavy atom. The van der Waals surface area contributed by atoms with E-state index in [9.17, 15) is 9.18 Å². The van der Waals surface area contributed by atoms with Crippen LogP contribution in [0.1, 0.15) is 42.2 Å². The number of rotatable bonds is 4. The minimum atomic E-state index is -0.694. The van der Waals surface area contributed by atoms with Crippen LogP contribution in [0.15, 0.2) is 18.2 Å². The van der Waals surface area contributed by atoms with Crippen molar-refractivity contribution in [3.63, 3.8) is 0 Å². The number of nitrogens with two attached hydrogens (primary N) is 1. The fraction of sp³-hybridized carbons (Fsp3) is 0.438. The molecule has 0 radical (unpaired) electrons. The van der Waals surface area contributed by atoms with Gasteiger partial charge in [-0.3, -0.25) is 9.69 Å². The van der Waals surface area contributed by atoms with E-state index < -0.39 is 5.91 Å². The van der Waals surface area contributed by atoms with Crippen LogP contribution in [0.4, 0.5) is 4.39 Å². The van der Waals surface area contributed by atoms with Crippen LogP contribution < -0.4 is 5.73 Å². The second kappa shape index (κ2) is 6.45. The first-order valence-electron chi connectivity index (χ1n) is 7.79. The van der Waals surface area contributed by atoms with Crippen LogP contribution in [-0.4, -0.2) is 38.8 Å². The first-order valence-corrected chi connectivity index (χ1v) is 7.79. The minimum Gasteiger partial charge on any atom is -0.364 e. The zero-order chi connectivity index (χ0) is 16.4. The van der Waals surface area contributed by atoms with Crippen LogP contribution in [0.25, 0.3) is 11.3 Å². The van der Waals surface area contributed by atoms with E-state index in [-0.39, 0.29) is 17.2 Å². The van der Waals surface area contributed by atoms with Gasteiger partial charge in [-0.15, -0.1) is 0 Å². The maximum Gasteiger partial charge on any atom is 0.271 e. The quantitative estimate of drug-likeness (QED) is 0.904. The second-order valence-corrected chi connectivity index (χ2v) is 6.01. The van der Waals surface area contributed by atoms with Crippen molar-refractivity contribution in [1.82, 2.24) is 20.3 Å². The number of aromatic amines is 1. The fourth-order valence-electron chi connectivity index (χ4n) is 3.04. The molecule has 1 aromatic heterocycles. The van der Waals surface area contributed by atoms with Gasteiger partial charge >= 0.3 is 0 Å². The Bertz CT molecular complexity index is 714. The number of carbonyl (C=O) groups is 1. The molecule has 2 aromatic rings. The molecule has 7 heteroatoms. The number of hydrogen-bond acceptors (Lipinski definition) is 4. The van der Waals surface area contributed by atoms with Crippen molar-refractivity contribution in [3.05, 3.63) is 35.3 Å². The molecule has 1 atom stereocenters. The lowest BCUT2D eigenvalue weighted by Gasteiger charge is -2.33. The van der Waals surface area contributed by atoms with Crippen molar-refractivity contribution >= 4 is 5.91 Å². The minimum absolute atomic E-state index is 0.0156. The Morgan fingerprint density at radius 2 is 2.26 bits per heavy atom. The number of halogens is 1. The average molecular weight is 317 g/mol. The van der Waals surface area contributed by atoms with E-state index in [1.165, 1.54) is 12.5 Å². The highest BCUT2D eigenvalue weighted by molar-refractivity contribution is 5.96. The smallest absolute Gasteiger partial charge is 0.271 e. The Balaban J connectivity index is 1.83. The molecule has 122 valence electrons. The van der Waals surface area contributed by atoms with Gasteiger partial charge in [0.05, 0.1) is 0 Å². The maximum atomic E-state index is 14.5. The molecule has 1 saturated heterocycles. The van der Waals surface area contributed by atoms with Gasteiger partial charge in [-0.1, -0.05) is 18.6 Å². The van der Waals surface area contributed by atoms with E-state index in [1.807, 2.05) is 0 Å². The predicted octanol–water partition coefficient (Wildman–Crippen LogP) is 2.08. The molecule has 0 aliphatic carbocycles. The molecule has 1 fully saturated rings. The number of amides is 1. The van der Waals surface area contributed by atoms with E-state index >= 15 is 0 Å². The van der Waals surface area contributed by atoms with Crippen molar-refractivity contribution < 1.29 is 9.18 Å². The van der Waals surface area contributed by atoms with Gasteiger partial charge in [-0.25, -0.2) is 4.39 Å². The zero-order valence-corrected chi connectivity index (χ0v) is 13.1. The molecule has 1 aromatic carbocycles. The zero-order valence-electron chi connectivity index (χ0n) is 13.1. The molecule has 0 saturated carbocycles. The maximum absolute atomic E-state index is 14.5. The van der Waals surface area contributed by atoms with E-state index in [2.05, 4.69) is 27.2 Å². The summed E-state index contributed by atoms with van der Waals surface area (Å²) in [6.07, 6.45) is 3.55. The Morgan fingerprint density at radius 1 is 1.43 bits per heavy atom. The highest BCUT2D eigenvalue weighted by atomic mass is 19.1. The van der Waals surface area contributed by atoms with Gasteiger partial charge in [0.2, 0.25) is 0 Å². The number of primary amides is 1. The lowest BCUT2D eigenvalue weighted by atomic mass is 10.0. The summed E-state index contributed by atoms with van der Waals surface area (Å²) < 4.78 is 14.5. The van der Waals surface area contributed by atoms with Gasteiger partial charge < -0.3 is 5.73 Å². The molecule has 3 rings (SSSR count). The first kappa shape index (κ1) is 15.6. The highest BCUT2D eigenvalue weighted by Gasteiger charge is 2.21. The molecular formula is C16H20FN5O. The van der Waals surface area contributed by atoms with Crippen LogP contribution in [0, 0.1) is 5.82 Å². The van der Waals surface area contributed by atoms with Crippen molar-refractivity contribution in [2.45, 2.75) is 38.8 Å². The van der Waals surface area contributed by atoms with Crippen LogP contribution in [0.5, 0.6) is 0 Å². The van der Waals surface area contributed by atoms with Crippen LogP contribution in [0.3, 0.4) is 0 Å². The number of nitrogens with zero attached hydrogens (tertiary/aromatic N) is 3. The number of benzene rings is 1. The van der Waals surface area contributed by atoms with Gasteiger partial charge in [-0.2, -0.15) is 15.4 Å². The third kappa shape index (κ3) is 3.24. The number of aromatic nitrogens is 3. The lowest BCUT2D eigenvalue weighted by molar-refractivity contribution is 0.0996. The van der Waals surface area contributed by atoms with E-state index in [1.54, 1.807) is 12.1 Å². The molecule has 6 nitrogen and oxygen atoms in total. The van der Waals surface area contributed by atoms with Gasteiger partial charge in [-0.05, 0) is 32.4 Å². The second-order valence-electron chi connectivity index (χ2n) is 6.01. The van der Waals surface area contributed by atoms with Crippen LogP contribution in [0.2, 0.25) is 0 Å². The molecule has 23 heavy (non-hydrogen) atoms. The predicted molar refractivity (Wildman–Crippen MR) is 84.0 cm³/mol. The molecule has 1 amide bonds. The topological polar surface area (TPSA) is 87.9 Å². The van der Waals surface area contributed by atoms with E-state index in [0.29, 0.717) is 23.7 Å². The van der Waals surface area contributed by atoms with E-state index in [4.69, 9.17) is 5.73 Å². The fourth-order valence-corrected chi connectivity index (χ4v) is 3.04. The number of nitrogens with one attached hydrogen (secondary N) is 1. The molecule has 3 N–H and O–H groups in total. The van der Waals surface area contributed by atoms with Crippen LogP contribution >= 0.6 is 0 Å². The molecule has 1 aliphatic heterocycles. The van der Waals surface area contributed by atoms with Crippen molar-refractivity contribution in [2.24, 2.45) is 5.73 Å². The summed E-state index contributed by atoms with van der Waals surface area (Å²) in [7, 11) is 0. The standard InChI is InChI=1S/C16H20FN5O/c1-10-4-2-3-7-22(10)9-12-6-5-11(8-13(12)17)14-15(16(18)23)20-21-19-14/h5-6,8,10H,2-4,7,9H2,1H3,(H2,18,23)(H,19,20,21). The van der Waals surface area contributed by atoms with Gasteiger partial charge in [0.25, 0.3) is 5.91 Å². The van der Waals surface area contributed by atoms with Gasteiger partial charge in [0, 0.05) is 23.7 Å². The molecule has 0 bridgehead atoms. The molecule has 1 aliphatic rings. The largest absolute Gasteiger partial charge is 0.364 e. The van der Waals surface area contributed by atoms with Gasteiger partial charge in [0.1, 0.15) is 11.5 Å². The summed E-state index contributed by atoms with van der Waals surface area (Å²) >= 11 is 0. The number of carbonyl (C=O) groups excluding carboxylic acids is 1. The SMILES string of the molecule is CC1CCCCN1Cc1ccc(-c2n[nH]nc2C(N)=O)cc1F. The van der Waals surface area contributed by atoms with Crippen molar-refractivity contribution in [3.8, 4) is 11.3 Å². The summed E-state index contributed by atoms with van der Waals surface area (Å²) in [5.41, 5.74) is 6.66. The van der Waals surface area contributed by atoms with E-state index in [0.717, 1.165) is 19.4 Å². The summed E-state index contributed by atoms with van der Waals surface area (Å²) in [5.74, 6) is -1.00. The van der Waals surface area contributed by atoms with Crippen LogP contribution in [-0.2, 0) is 6.54 Å². The third-order valence-corrected chi connectivity index (χ3v) is 4.42. The first-order chi connectivity index (χ1) is 11.1. The monoisotopic (exact) mass is 317 g/mol. The molecule has 0 spiro atoms. The third-order valence-electron chi connectivity index (χ3n) is 4.42. The summed E-state index contributed by atoms with van der Waals surface area (Å²) in [4.78, 5) is 13.6. The average Bonchev–Trinajstić information content (AvgIpc) is 3.01. The Kier molecular flexibility index (Phi) is 4.38. The summed E-state index contributed by atoms with van der Waals surface area (Å²) in [6, 6.07) is 5.34. The molecule has 2 heterocycles. The Labute approximate surface area is 133 Å². The van der Waals surface area contributed by atoms with Gasteiger partial charge in [0.15, 0.2) is 5.69 Å². The number of likely N-dealkylation sites (tertiary alicyclic amines) is 1. The summed E-state index contributed by atoms with van der Waals surface area (Å²) in [5, 5.41) is 9.95. The molecule has 1 unspecified atom stereocenters. The normalized spacial score (nSPS) is 19.0. The number of H-pyrrole nitrogens is 1. The molecular weight excluding hydrogens is 297 g/mol. The number of hydrogen-bond donors (Lipinski definition) is 2. The highest BCUT2D eigenvalue weighted by Crippen LogP contribution is 2.25. The van der Waals surface area contributed by atoms with Crippen molar-refractivity contribution in [1.29, 1.82) is 0 Å². The Hall–Kier alpha value is -2.28. The number of piperidine rings is 1. The lowest BCUT2D eigenvalue weighted by Crippen LogP contribution is -2.36.